The second-order valence-electron chi connectivity index (χ2n) is 7.19. The van der Waals surface area contributed by atoms with Gasteiger partial charge >= 0.3 is 0 Å². The van der Waals surface area contributed by atoms with E-state index < -0.39 is 11.3 Å². The molecule has 1 unspecified atom stereocenters. The van der Waals surface area contributed by atoms with Crippen LogP contribution in [0.1, 0.15) is 35.6 Å². The molecule has 8 nitrogen and oxygen atoms in total. The van der Waals surface area contributed by atoms with Crippen LogP contribution in [0.4, 0.5) is 0 Å². The van der Waals surface area contributed by atoms with Gasteiger partial charge in [0.25, 0.3) is 0 Å². The first kappa shape index (κ1) is 19.8. The Bertz CT molecular complexity index is 956. The fourth-order valence-electron chi connectivity index (χ4n) is 3.72. The smallest absolute Gasteiger partial charge is 0.155 e. The molecule has 2 aromatic heterocycles. The Morgan fingerprint density at radius 1 is 1.17 bits per heavy atom. The predicted molar refractivity (Wildman–Crippen MR) is 109 cm³/mol. The largest absolute Gasteiger partial charge is 0.760 e. The average Bonchev–Trinajstić information content (AvgIpc) is 3.22. The van der Waals surface area contributed by atoms with Crippen LogP contribution >= 0.6 is 0 Å². The molecule has 0 amide bonds. The summed E-state index contributed by atoms with van der Waals surface area (Å²) in [5.41, 5.74) is 3.20. The molecule has 1 N–H and O–H groups in total. The van der Waals surface area contributed by atoms with Crippen LogP contribution < -0.4 is 4.72 Å². The molecule has 0 radical (unpaired) electrons. The maximum absolute atomic E-state index is 10.7. The van der Waals surface area contributed by atoms with Crippen molar-refractivity contribution in [1.82, 2.24) is 29.6 Å². The number of hydrogen-bond donors (Lipinski definition) is 1. The van der Waals surface area contributed by atoms with Gasteiger partial charge in [0.1, 0.15) is 0 Å². The highest BCUT2D eigenvalue weighted by atomic mass is 32.2. The first-order valence-electron chi connectivity index (χ1n) is 9.64. The molecule has 3 heterocycles. The Kier molecular flexibility index (Phi) is 6.40. The molecule has 1 aliphatic rings. The number of piperidine rings is 1. The van der Waals surface area contributed by atoms with E-state index in [9.17, 15) is 8.76 Å². The van der Waals surface area contributed by atoms with Gasteiger partial charge < -0.3 is 4.55 Å². The number of benzene rings is 1. The number of hydrogen-bond acceptors (Lipinski definition) is 6. The van der Waals surface area contributed by atoms with E-state index in [0.29, 0.717) is 12.5 Å². The first-order chi connectivity index (χ1) is 14.2. The molecule has 152 valence electrons. The SMILES string of the molecule is O=S([O-])NCc1cccc(C2CCN(Cc3cn(-c4ccccn4)nn3)CC2)c1. The van der Waals surface area contributed by atoms with Crippen LogP contribution in [0.5, 0.6) is 0 Å². The van der Waals surface area contributed by atoms with Gasteiger partial charge in [-0.3, -0.25) is 9.11 Å². The fraction of sp³-hybridized carbons (Fsp3) is 0.350. The lowest BCUT2D eigenvalue weighted by Crippen LogP contribution is -2.32. The number of nitrogens with one attached hydrogen (secondary N) is 1. The zero-order valence-corrected chi connectivity index (χ0v) is 16.8. The van der Waals surface area contributed by atoms with E-state index in [1.54, 1.807) is 10.9 Å². The third-order valence-electron chi connectivity index (χ3n) is 5.21. The second kappa shape index (κ2) is 9.36. The molecule has 1 aliphatic heterocycles. The van der Waals surface area contributed by atoms with E-state index in [4.69, 9.17) is 0 Å². The van der Waals surface area contributed by atoms with Gasteiger partial charge in [-0.05, 0) is 55.1 Å². The highest BCUT2D eigenvalue weighted by molar-refractivity contribution is 7.77. The number of rotatable bonds is 7. The van der Waals surface area contributed by atoms with Crippen LogP contribution in [0.15, 0.2) is 54.9 Å². The van der Waals surface area contributed by atoms with Gasteiger partial charge in [0.05, 0.1) is 11.9 Å². The van der Waals surface area contributed by atoms with Crippen LogP contribution in [-0.2, 0) is 24.4 Å². The molecule has 1 aromatic carbocycles. The Morgan fingerprint density at radius 3 is 2.79 bits per heavy atom. The van der Waals surface area contributed by atoms with Crippen molar-refractivity contribution in [3.63, 3.8) is 0 Å². The van der Waals surface area contributed by atoms with Gasteiger partial charge in [0, 0.05) is 30.6 Å². The van der Waals surface area contributed by atoms with E-state index in [2.05, 4.69) is 37.1 Å². The summed E-state index contributed by atoms with van der Waals surface area (Å²) in [5, 5.41) is 8.47. The quantitative estimate of drug-likeness (QED) is 0.597. The maximum Gasteiger partial charge on any atom is 0.155 e. The van der Waals surface area contributed by atoms with Gasteiger partial charge in [-0.15, -0.1) is 5.10 Å². The van der Waals surface area contributed by atoms with E-state index in [1.807, 2.05) is 36.5 Å². The van der Waals surface area contributed by atoms with Gasteiger partial charge in [-0.1, -0.05) is 35.5 Å². The molecule has 1 fully saturated rings. The number of aromatic nitrogens is 4. The van der Waals surface area contributed by atoms with Crippen LogP contribution in [0, 0.1) is 0 Å². The monoisotopic (exact) mass is 411 g/mol. The summed E-state index contributed by atoms with van der Waals surface area (Å²) >= 11 is -2.24. The van der Waals surface area contributed by atoms with Crippen molar-refractivity contribution in [3.05, 3.63) is 71.7 Å². The zero-order valence-electron chi connectivity index (χ0n) is 16.0. The minimum Gasteiger partial charge on any atom is -0.760 e. The van der Waals surface area contributed by atoms with E-state index >= 15 is 0 Å². The van der Waals surface area contributed by atoms with Crippen LogP contribution in [0.2, 0.25) is 0 Å². The topological polar surface area (TPSA) is 99.0 Å². The fourth-order valence-corrected chi connectivity index (χ4v) is 4.01. The van der Waals surface area contributed by atoms with Gasteiger partial charge in [0.15, 0.2) is 5.82 Å². The molecule has 29 heavy (non-hydrogen) atoms. The van der Waals surface area contributed by atoms with Gasteiger partial charge in [-0.25, -0.2) is 14.4 Å². The lowest BCUT2D eigenvalue weighted by Gasteiger charge is -2.31. The van der Waals surface area contributed by atoms with Crippen LogP contribution in [-0.4, -0.2) is 46.7 Å². The minimum atomic E-state index is -2.24. The Hall–Kier alpha value is -2.46. The van der Waals surface area contributed by atoms with Crippen molar-refractivity contribution >= 4 is 11.3 Å². The normalized spacial score (nSPS) is 16.7. The molecule has 4 rings (SSSR count). The molecule has 0 aliphatic carbocycles. The molecule has 3 aromatic rings. The highest BCUT2D eigenvalue weighted by Gasteiger charge is 2.21. The summed E-state index contributed by atoms with van der Waals surface area (Å²) in [7, 11) is 0. The molecular formula is C20H23N6O2S-. The van der Waals surface area contributed by atoms with Crippen molar-refractivity contribution in [2.75, 3.05) is 13.1 Å². The maximum atomic E-state index is 10.7. The summed E-state index contributed by atoms with van der Waals surface area (Å²) in [4.78, 5) is 6.69. The van der Waals surface area contributed by atoms with Crippen molar-refractivity contribution in [3.8, 4) is 5.82 Å². The second-order valence-corrected chi connectivity index (χ2v) is 7.95. The minimum absolute atomic E-state index is 0.328. The van der Waals surface area contributed by atoms with E-state index in [0.717, 1.165) is 49.6 Å². The standard InChI is InChI=1S/C20H24N6O2S/c27-29(28)22-13-16-4-3-5-18(12-16)17-7-10-25(11-8-17)14-19-15-26(24-23-19)20-6-1-2-9-21-20/h1-6,9,12,15,17,22H,7-8,10-11,13-14H2,(H,27,28)/p-1. The van der Waals surface area contributed by atoms with Gasteiger partial charge in [-0.2, -0.15) is 0 Å². The van der Waals surface area contributed by atoms with Gasteiger partial charge in [0.2, 0.25) is 0 Å². The predicted octanol–water partition coefficient (Wildman–Crippen LogP) is 1.93. The summed E-state index contributed by atoms with van der Waals surface area (Å²) in [6, 6.07) is 13.9. The van der Waals surface area contributed by atoms with E-state index in [-0.39, 0.29) is 0 Å². The van der Waals surface area contributed by atoms with Crippen molar-refractivity contribution < 1.29 is 8.76 Å². The Labute approximate surface area is 172 Å². The van der Waals surface area contributed by atoms with Crippen LogP contribution in [0.3, 0.4) is 0 Å². The average molecular weight is 412 g/mol. The third kappa shape index (κ3) is 5.33. The van der Waals surface area contributed by atoms with Crippen molar-refractivity contribution in [2.45, 2.75) is 31.8 Å². The lowest BCUT2D eigenvalue weighted by molar-refractivity contribution is 0.202. The summed E-state index contributed by atoms with van der Waals surface area (Å²) < 4.78 is 25.5. The first-order valence-corrected chi connectivity index (χ1v) is 10.7. The molecule has 0 saturated carbocycles. The summed E-state index contributed by atoms with van der Waals surface area (Å²) in [6.07, 6.45) is 5.81. The van der Waals surface area contributed by atoms with Crippen LogP contribution in [0.25, 0.3) is 5.82 Å². The van der Waals surface area contributed by atoms with Crippen molar-refractivity contribution in [1.29, 1.82) is 0 Å². The molecule has 1 atom stereocenters. The molecule has 1 saturated heterocycles. The lowest BCUT2D eigenvalue weighted by atomic mass is 9.88. The molecule has 9 heteroatoms. The zero-order chi connectivity index (χ0) is 20.1. The molecule has 0 bridgehead atoms. The number of nitrogens with zero attached hydrogens (tertiary/aromatic N) is 5. The summed E-state index contributed by atoms with van der Waals surface area (Å²) in [5.74, 6) is 1.26. The Morgan fingerprint density at radius 2 is 2.03 bits per heavy atom. The van der Waals surface area contributed by atoms with Crippen molar-refractivity contribution in [2.24, 2.45) is 0 Å². The van der Waals surface area contributed by atoms with E-state index in [1.165, 1.54) is 5.56 Å². The molecular weight excluding hydrogens is 388 g/mol. The number of pyridine rings is 1. The Balaban J connectivity index is 1.31. The molecule has 0 spiro atoms. The highest BCUT2D eigenvalue weighted by Crippen LogP contribution is 2.29. The third-order valence-corrected chi connectivity index (χ3v) is 5.59. The summed E-state index contributed by atoms with van der Waals surface area (Å²) in [6.45, 7) is 3.09. The number of likely N-dealkylation sites (tertiary alicyclic amines) is 1.